The first-order chi connectivity index (χ1) is 6.60. The highest BCUT2D eigenvalue weighted by atomic mass is 19.1. The third kappa shape index (κ3) is 1.69. The summed E-state index contributed by atoms with van der Waals surface area (Å²) < 4.78 is 13.5. The van der Waals surface area contributed by atoms with E-state index in [1.165, 1.54) is 0 Å². The van der Waals surface area contributed by atoms with Crippen LogP contribution in [0.1, 0.15) is 18.4 Å². The average Bonchev–Trinajstić information content (AvgIpc) is 2.85. The van der Waals surface area contributed by atoms with Crippen molar-refractivity contribution in [3.63, 3.8) is 0 Å². The highest BCUT2D eigenvalue weighted by Crippen LogP contribution is 2.49. The molecule has 0 aromatic heterocycles. The van der Waals surface area contributed by atoms with Crippen LogP contribution in [0.2, 0.25) is 0 Å². The molecular weight excluding hydrogens is 185 g/mol. The minimum atomic E-state index is -1.15. The fourth-order valence-electron chi connectivity index (χ4n) is 1.37. The highest BCUT2D eigenvalue weighted by molar-refractivity contribution is 5.82. The van der Waals surface area contributed by atoms with Crippen LogP contribution in [0.15, 0.2) is 24.3 Å². The Morgan fingerprint density at radius 2 is 1.93 bits per heavy atom. The lowest BCUT2D eigenvalue weighted by atomic mass is 10.1. The molecule has 1 aromatic carbocycles. The molecule has 4 heteroatoms. The summed E-state index contributed by atoms with van der Waals surface area (Å²) in [5, 5.41) is 10.6. The largest absolute Gasteiger partial charge is 0.465 e. The van der Waals surface area contributed by atoms with Gasteiger partial charge in [0.1, 0.15) is 5.67 Å². The molecule has 1 saturated carbocycles. The molecule has 0 atom stereocenters. The van der Waals surface area contributed by atoms with Crippen LogP contribution in [0.5, 0.6) is 0 Å². The molecule has 2 rings (SSSR count). The van der Waals surface area contributed by atoms with Gasteiger partial charge in [-0.15, -0.1) is 0 Å². The fourth-order valence-corrected chi connectivity index (χ4v) is 1.37. The van der Waals surface area contributed by atoms with Gasteiger partial charge in [0.05, 0.1) is 0 Å². The van der Waals surface area contributed by atoms with E-state index in [2.05, 4.69) is 5.32 Å². The third-order valence-electron chi connectivity index (χ3n) is 2.34. The lowest BCUT2D eigenvalue weighted by molar-refractivity contribution is 0.210. The first-order valence-electron chi connectivity index (χ1n) is 4.40. The van der Waals surface area contributed by atoms with Crippen LogP contribution >= 0.6 is 0 Å². The number of halogens is 1. The summed E-state index contributed by atoms with van der Waals surface area (Å²) in [6, 6.07) is 6.39. The highest BCUT2D eigenvalue weighted by Gasteiger charge is 2.44. The normalized spacial score (nSPS) is 17.5. The van der Waals surface area contributed by atoms with E-state index in [4.69, 9.17) is 5.11 Å². The molecule has 1 amide bonds. The van der Waals surface area contributed by atoms with Crippen molar-refractivity contribution in [3.05, 3.63) is 29.8 Å². The lowest BCUT2D eigenvalue weighted by Gasteiger charge is -2.06. The second-order valence-corrected chi connectivity index (χ2v) is 3.47. The maximum atomic E-state index is 13.5. The van der Waals surface area contributed by atoms with Gasteiger partial charge in [-0.25, -0.2) is 9.18 Å². The van der Waals surface area contributed by atoms with Crippen molar-refractivity contribution in [1.82, 2.24) is 0 Å². The molecular formula is C10H10FNO2. The van der Waals surface area contributed by atoms with Gasteiger partial charge in [-0.3, -0.25) is 5.32 Å². The summed E-state index contributed by atoms with van der Waals surface area (Å²) >= 11 is 0. The fraction of sp³-hybridized carbons (Fsp3) is 0.300. The molecule has 1 aliphatic rings. The van der Waals surface area contributed by atoms with Gasteiger partial charge in [-0.1, -0.05) is 12.1 Å². The first kappa shape index (κ1) is 8.99. The van der Waals surface area contributed by atoms with Crippen molar-refractivity contribution in [2.75, 3.05) is 5.32 Å². The number of carbonyl (C=O) groups is 1. The minimum Gasteiger partial charge on any atom is -0.465 e. The molecule has 0 saturated heterocycles. The van der Waals surface area contributed by atoms with Gasteiger partial charge in [-0.2, -0.15) is 0 Å². The third-order valence-corrected chi connectivity index (χ3v) is 2.34. The Labute approximate surface area is 80.6 Å². The predicted molar refractivity (Wildman–Crippen MR) is 50.1 cm³/mol. The van der Waals surface area contributed by atoms with Crippen molar-refractivity contribution in [3.8, 4) is 0 Å². The molecule has 0 spiro atoms. The SMILES string of the molecule is O=C(O)Nc1ccc(C2(F)CC2)cc1. The molecule has 1 fully saturated rings. The van der Waals surface area contributed by atoms with Crippen LogP contribution in [0.3, 0.4) is 0 Å². The number of benzene rings is 1. The van der Waals surface area contributed by atoms with E-state index in [1.54, 1.807) is 24.3 Å². The van der Waals surface area contributed by atoms with Gasteiger partial charge in [0.2, 0.25) is 0 Å². The Morgan fingerprint density at radius 3 is 2.36 bits per heavy atom. The number of hydrogen-bond donors (Lipinski definition) is 2. The van der Waals surface area contributed by atoms with Crippen molar-refractivity contribution in [1.29, 1.82) is 0 Å². The van der Waals surface area contributed by atoms with Gasteiger partial charge in [0, 0.05) is 5.69 Å². The van der Waals surface area contributed by atoms with Crippen molar-refractivity contribution < 1.29 is 14.3 Å². The Morgan fingerprint density at radius 1 is 1.36 bits per heavy atom. The number of anilines is 1. The van der Waals surface area contributed by atoms with E-state index in [0.717, 1.165) is 0 Å². The van der Waals surface area contributed by atoms with E-state index in [-0.39, 0.29) is 0 Å². The Kier molecular flexibility index (Phi) is 1.91. The van der Waals surface area contributed by atoms with Crippen LogP contribution in [-0.4, -0.2) is 11.2 Å². The zero-order valence-electron chi connectivity index (χ0n) is 7.46. The molecule has 3 nitrogen and oxygen atoms in total. The van der Waals surface area contributed by atoms with Gasteiger partial charge in [0.25, 0.3) is 0 Å². The van der Waals surface area contributed by atoms with Gasteiger partial charge in [-0.05, 0) is 30.5 Å². The first-order valence-corrected chi connectivity index (χ1v) is 4.40. The van der Waals surface area contributed by atoms with E-state index >= 15 is 0 Å². The molecule has 0 unspecified atom stereocenters. The molecule has 0 aliphatic heterocycles. The van der Waals surface area contributed by atoms with Crippen LogP contribution in [0.25, 0.3) is 0 Å². The monoisotopic (exact) mass is 195 g/mol. The van der Waals surface area contributed by atoms with Crippen molar-refractivity contribution >= 4 is 11.8 Å². The van der Waals surface area contributed by atoms with Gasteiger partial charge >= 0.3 is 6.09 Å². The minimum absolute atomic E-state index is 0.463. The Balaban J connectivity index is 2.14. The van der Waals surface area contributed by atoms with E-state index in [9.17, 15) is 9.18 Å². The molecule has 0 radical (unpaired) electrons. The Bertz CT molecular complexity index is 357. The van der Waals surface area contributed by atoms with Crippen LogP contribution in [0, 0.1) is 0 Å². The molecule has 1 aromatic rings. The second kappa shape index (κ2) is 2.97. The van der Waals surface area contributed by atoms with Gasteiger partial charge < -0.3 is 5.11 Å². The molecule has 1 aliphatic carbocycles. The number of carboxylic acid groups (broad SMARTS) is 1. The number of rotatable bonds is 2. The summed E-state index contributed by atoms with van der Waals surface area (Å²) in [6.07, 6.45) is 0.0244. The van der Waals surface area contributed by atoms with Gasteiger partial charge in [0.15, 0.2) is 0 Å². The zero-order chi connectivity index (χ0) is 10.2. The Hall–Kier alpha value is -1.58. The smallest absolute Gasteiger partial charge is 0.409 e. The van der Waals surface area contributed by atoms with Crippen molar-refractivity contribution in [2.45, 2.75) is 18.5 Å². The quantitative estimate of drug-likeness (QED) is 0.762. The number of amides is 1. The zero-order valence-corrected chi connectivity index (χ0v) is 7.46. The standard InChI is InChI=1S/C10H10FNO2/c11-10(5-6-10)7-1-3-8(4-2-7)12-9(13)14/h1-4,12H,5-6H2,(H,13,14). The summed E-state index contributed by atoms with van der Waals surface area (Å²) in [5.41, 5.74) is -0.0548. The lowest BCUT2D eigenvalue weighted by Crippen LogP contribution is -2.07. The summed E-state index contributed by atoms with van der Waals surface area (Å²) in [4.78, 5) is 10.3. The maximum Gasteiger partial charge on any atom is 0.409 e. The molecule has 0 bridgehead atoms. The van der Waals surface area contributed by atoms with Crippen LogP contribution < -0.4 is 5.32 Å². The summed E-state index contributed by atoms with van der Waals surface area (Å²) in [5.74, 6) is 0. The number of nitrogens with one attached hydrogen (secondary N) is 1. The van der Waals surface area contributed by atoms with E-state index in [0.29, 0.717) is 24.1 Å². The van der Waals surface area contributed by atoms with Crippen LogP contribution in [0.4, 0.5) is 14.9 Å². The van der Waals surface area contributed by atoms with Crippen molar-refractivity contribution in [2.24, 2.45) is 0 Å². The summed E-state index contributed by atoms with van der Waals surface area (Å²) in [7, 11) is 0. The van der Waals surface area contributed by atoms with E-state index in [1.807, 2.05) is 0 Å². The number of alkyl halides is 1. The maximum absolute atomic E-state index is 13.5. The summed E-state index contributed by atoms with van der Waals surface area (Å²) in [6.45, 7) is 0. The average molecular weight is 195 g/mol. The second-order valence-electron chi connectivity index (χ2n) is 3.47. The molecule has 74 valence electrons. The molecule has 2 N–H and O–H groups in total. The topological polar surface area (TPSA) is 49.3 Å². The van der Waals surface area contributed by atoms with Crippen LogP contribution in [-0.2, 0) is 5.67 Å². The van der Waals surface area contributed by atoms with E-state index < -0.39 is 11.8 Å². The molecule has 0 heterocycles. The number of hydrogen-bond acceptors (Lipinski definition) is 1. The predicted octanol–water partition coefficient (Wildman–Crippen LogP) is 2.74. The molecule has 14 heavy (non-hydrogen) atoms.